The van der Waals surface area contributed by atoms with E-state index < -0.39 is 0 Å². The summed E-state index contributed by atoms with van der Waals surface area (Å²) in [4.78, 5) is 12.3. The van der Waals surface area contributed by atoms with Gasteiger partial charge in [0, 0.05) is 23.8 Å². The van der Waals surface area contributed by atoms with Gasteiger partial charge in [-0.15, -0.1) is 0 Å². The average Bonchev–Trinajstić information content (AvgIpc) is 3.26. The highest BCUT2D eigenvalue weighted by atomic mass is 16.2. The standard InChI is InChI=1S/C18H21N5O/c24-18(13-23-17-5-2-1-4-14(17)12-20-23)21-15-6-8-16(9-7-15)22-11-3-10-19-22/h1-5,10-12,15-16H,6-9,13H2,(H,21,24). The van der Waals surface area contributed by atoms with Gasteiger partial charge < -0.3 is 5.32 Å². The van der Waals surface area contributed by atoms with E-state index in [1.807, 2.05) is 47.4 Å². The summed E-state index contributed by atoms with van der Waals surface area (Å²) in [6.07, 6.45) is 9.74. The van der Waals surface area contributed by atoms with E-state index in [0.29, 0.717) is 6.04 Å². The molecule has 6 heteroatoms. The van der Waals surface area contributed by atoms with Gasteiger partial charge in [-0.05, 0) is 37.8 Å². The Bertz CT molecular complexity index is 815. The molecule has 24 heavy (non-hydrogen) atoms. The van der Waals surface area contributed by atoms with Gasteiger partial charge in [0.15, 0.2) is 0 Å². The predicted molar refractivity (Wildman–Crippen MR) is 91.4 cm³/mol. The Kier molecular flexibility index (Phi) is 4.02. The molecule has 1 fully saturated rings. The summed E-state index contributed by atoms with van der Waals surface area (Å²) in [6, 6.07) is 10.6. The summed E-state index contributed by atoms with van der Waals surface area (Å²) < 4.78 is 3.80. The molecule has 2 heterocycles. The van der Waals surface area contributed by atoms with Gasteiger partial charge in [0.2, 0.25) is 5.91 Å². The van der Waals surface area contributed by atoms with Crippen LogP contribution in [0.1, 0.15) is 31.7 Å². The molecule has 1 amide bonds. The number of fused-ring (bicyclic) bond motifs is 1. The molecule has 0 atom stereocenters. The fourth-order valence-corrected chi connectivity index (χ4v) is 3.54. The van der Waals surface area contributed by atoms with Crippen LogP contribution in [-0.4, -0.2) is 31.5 Å². The fourth-order valence-electron chi connectivity index (χ4n) is 3.54. The summed E-state index contributed by atoms with van der Waals surface area (Å²) >= 11 is 0. The SMILES string of the molecule is O=C(Cn1ncc2ccccc21)NC1CCC(n2cccn2)CC1. The number of aromatic nitrogens is 4. The van der Waals surface area contributed by atoms with Crippen molar-refractivity contribution in [2.45, 2.75) is 44.3 Å². The molecule has 1 aliphatic rings. The Hall–Kier alpha value is -2.63. The molecule has 0 bridgehead atoms. The van der Waals surface area contributed by atoms with Crippen LogP contribution < -0.4 is 5.32 Å². The van der Waals surface area contributed by atoms with Gasteiger partial charge in [-0.3, -0.25) is 14.2 Å². The molecule has 1 N–H and O–H groups in total. The lowest BCUT2D eigenvalue weighted by Gasteiger charge is -2.29. The van der Waals surface area contributed by atoms with E-state index >= 15 is 0 Å². The third kappa shape index (κ3) is 3.04. The first-order valence-corrected chi connectivity index (χ1v) is 8.48. The molecule has 0 spiro atoms. The van der Waals surface area contributed by atoms with Gasteiger partial charge in [0.05, 0.1) is 17.8 Å². The molecular formula is C18H21N5O. The maximum Gasteiger partial charge on any atom is 0.241 e. The summed E-state index contributed by atoms with van der Waals surface area (Å²) in [5.41, 5.74) is 0.995. The number of rotatable bonds is 4. The summed E-state index contributed by atoms with van der Waals surface area (Å²) in [5.74, 6) is 0.0337. The third-order valence-corrected chi connectivity index (χ3v) is 4.81. The molecule has 124 valence electrons. The number of para-hydroxylation sites is 1. The van der Waals surface area contributed by atoms with Crippen LogP contribution in [0.2, 0.25) is 0 Å². The van der Waals surface area contributed by atoms with Gasteiger partial charge in [-0.1, -0.05) is 18.2 Å². The van der Waals surface area contributed by atoms with E-state index in [1.54, 1.807) is 10.9 Å². The quantitative estimate of drug-likeness (QED) is 0.802. The topological polar surface area (TPSA) is 64.7 Å². The van der Waals surface area contributed by atoms with Crippen molar-refractivity contribution in [2.75, 3.05) is 0 Å². The Morgan fingerprint density at radius 3 is 2.75 bits per heavy atom. The molecular weight excluding hydrogens is 302 g/mol. The van der Waals surface area contributed by atoms with Gasteiger partial charge in [0.1, 0.15) is 6.54 Å². The number of hydrogen-bond donors (Lipinski definition) is 1. The number of hydrogen-bond acceptors (Lipinski definition) is 3. The summed E-state index contributed by atoms with van der Waals surface area (Å²) in [5, 5.41) is 12.9. The molecule has 0 unspecified atom stereocenters. The van der Waals surface area contributed by atoms with Crippen molar-refractivity contribution < 1.29 is 4.79 Å². The minimum absolute atomic E-state index is 0.0337. The molecule has 1 saturated carbocycles. The highest BCUT2D eigenvalue weighted by Gasteiger charge is 2.23. The zero-order valence-corrected chi connectivity index (χ0v) is 13.5. The van der Waals surface area contributed by atoms with E-state index in [1.165, 1.54) is 0 Å². The molecule has 4 rings (SSSR count). The van der Waals surface area contributed by atoms with Crippen LogP contribution in [0, 0.1) is 0 Å². The Balaban J connectivity index is 1.32. The highest BCUT2D eigenvalue weighted by Crippen LogP contribution is 2.27. The Morgan fingerprint density at radius 2 is 1.96 bits per heavy atom. The average molecular weight is 323 g/mol. The number of benzene rings is 1. The van der Waals surface area contributed by atoms with Crippen LogP contribution in [0.3, 0.4) is 0 Å². The second-order valence-corrected chi connectivity index (χ2v) is 6.42. The lowest BCUT2D eigenvalue weighted by molar-refractivity contribution is -0.122. The monoisotopic (exact) mass is 323 g/mol. The number of amides is 1. The van der Waals surface area contributed by atoms with Crippen LogP contribution in [0.5, 0.6) is 0 Å². The molecule has 3 aromatic rings. The number of nitrogens with zero attached hydrogens (tertiary/aromatic N) is 4. The van der Waals surface area contributed by atoms with Gasteiger partial charge in [-0.2, -0.15) is 10.2 Å². The van der Waals surface area contributed by atoms with Crippen molar-refractivity contribution in [3.8, 4) is 0 Å². The number of nitrogens with one attached hydrogen (secondary N) is 1. The zero-order chi connectivity index (χ0) is 16.4. The van der Waals surface area contributed by atoms with Crippen molar-refractivity contribution in [3.05, 3.63) is 48.9 Å². The zero-order valence-electron chi connectivity index (χ0n) is 13.5. The van der Waals surface area contributed by atoms with E-state index in [2.05, 4.69) is 15.5 Å². The molecule has 1 aromatic carbocycles. The van der Waals surface area contributed by atoms with Crippen LogP contribution in [0.15, 0.2) is 48.9 Å². The lowest BCUT2D eigenvalue weighted by Crippen LogP contribution is -2.39. The van der Waals surface area contributed by atoms with Gasteiger partial charge >= 0.3 is 0 Å². The van der Waals surface area contributed by atoms with Crippen LogP contribution >= 0.6 is 0 Å². The van der Waals surface area contributed by atoms with Crippen molar-refractivity contribution in [3.63, 3.8) is 0 Å². The van der Waals surface area contributed by atoms with Crippen molar-refractivity contribution in [1.82, 2.24) is 24.9 Å². The Morgan fingerprint density at radius 1 is 1.12 bits per heavy atom. The molecule has 0 saturated heterocycles. The van der Waals surface area contributed by atoms with E-state index in [9.17, 15) is 4.79 Å². The first-order chi connectivity index (χ1) is 11.8. The molecule has 2 aromatic heterocycles. The molecule has 0 radical (unpaired) electrons. The van der Waals surface area contributed by atoms with Crippen molar-refractivity contribution >= 4 is 16.8 Å². The number of carbonyl (C=O) groups excluding carboxylic acids is 1. The smallest absolute Gasteiger partial charge is 0.241 e. The Labute approximate surface area is 140 Å². The third-order valence-electron chi connectivity index (χ3n) is 4.81. The van der Waals surface area contributed by atoms with E-state index in [-0.39, 0.29) is 18.5 Å². The van der Waals surface area contributed by atoms with Crippen LogP contribution in [0.25, 0.3) is 10.9 Å². The second kappa shape index (κ2) is 6.47. The normalized spacial score (nSPS) is 21.0. The number of carbonyl (C=O) groups is 1. The largest absolute Gasteiger partial charge is 0.352 e. The molecule has 6 nitrogen and oxygen atoms in total. The van der Waals surface area contributed by atoms with Gasteiger partial charge in [0.25, 0.3) is 0 Å². The van der Waals surface area contributed by atoms with Crippen LogP contribution in [0.4, 0.5) is 0 Å². The molecule has 1 aliphatic carbocycles. The van der Waals surface area contributed by atoms with E-state index in [4.69, 9.17) is 0 Å². The minimum Gasteiger partial charge on any atom is -0.352 e. The van der Waals surface area contributed by atoms with Crippen LogP contribution in [-0.2, 0) is 11.3 Å². The summed E-state index contributed by atoms with van der Waals surface area (Å²) in [6.45, 7) is 0.270. The lowest BCUT2D eigenvalue weighted by atomic mass is 9.91. The summed E-state index contributed by atoms with van der Waals surface area (Å²) in [7, 11) is 0. The second-order valence-electron chi connectivity index (χ2n) is 6.42. The predicted octanol–water partition coefficient (Wildman–Crippen LogP) is 2.53. The first kappa shape index (κ1) is 14.9. The van der Waals surface area contributed by atoms with E-state index in [0.717, 1.165) is 36.6 Å². The maximum atomic E-state index is 12.3. The molecule has 0 aliphatic heterocycles. The first-order valence-electron chi connectivity index (χ1n) is 8.48. The van der Waals surface area contributed by atoms with Gasteiger partial charge in [-0.25, -0.2) is 0 Å². The van der Waals surface area contributed by atoms with Crippen molar-refractivity contribution in [1.29, 1.82) is 0 Å². The minimum atomic E-state index is 0.0337. The van der Waals surface area contributed by atoms with Crippen molar-refractivity contribution in [2.24, 2.45) is 0 Å². The maximum absolute atomic E-state index is 12.3. The highest BCUT2D eigenvalue weighted by molar-refractivity contribution is 5.82. The fraction of sp³-hybridized carbons (Fsp3) is 0.389.